The first-order chi connectivity index (χ1) is 16.1. The summed E-state index contributed by atoms with van der Waals surface area (Å²) in [5.74, 6) is -1.35. The summed E-state index contributed by atoms with van der Waals surface area (Å²) < 4.78 is 11.5. The molecule has 7 heteroatoms. The van der Waals surface area contributed by atoms with E-state index in [-0.39, 0.29) is 11.3 Å². The van der Waals surface area contributed by atoms with E-state index in [9.17, 15) is 9.59 Å². The van der Waals surface area contributed by atoms with E-state index in [1.165, 1.54) is 18.9 Å². The zero-order chi connectivity index (χ0) is 23.4. The number of hydrogen-bond donors (Lipinski definition) is 0. The van der Waals surface area contributed by atoms with Crippen LogP contribution in [0.2, 0.25) is 0 Å². The van der Waals surface area contributed by atoms with Crippen LogP contribution in [0.1, 0.15) is 20.8 Å². The Labute approximate surface area is 196 Å². The van der Waals surface area contributed by atoms with E-state index in [2.05, 4.69) is 0 Å². The number of thioether (sulfide) groups is 1. The van der Waals surface area contributed by atoms with Crippen molar-refractivity contribution in [3.8, 4) is 28.1 Å². The van der Waals surface area contributed by atoms with Gasteiger partial charge in [-0.3, -0.25) is 0 Å². The summed E-state index contributed by atoms with van der Waals surface area (Å²) in [6, 6.07) is 24.9. The Balaban J connectivity index is 2.01. The number of esters is 2. The van der Waals surface area contributed by atoms with Crippen LogP contribution in [0, 0.1) is 0 Å². The molecule has 33 heavy (non-hydrogen) atoms. The van der Waals surface area contributed by atoms with Gasteiger partial charge >= 0.3 is 11.9 Å². The molecule has 6 nitrogen and oxygen atoms in total. The van der Waals surface area contributed by atoms with Crippen molar-refractivity contribution in [2.75, 3.05) is 20.5 Å². The number of hydrogen-bond acceptors (Lipinski definition) is 6. The maximum atomic E-state index is 12.9. The third kappa shape index (κ3) is 4.27. The van der Waals surface area contributed by atoms with Gasteiger partial charge in [0.1, 0.15) is 11.3 Å². The number of rotatable bonds is 6. The second kappa shape index (κ2) is 9.75. The van der Waals surface area contributed by atoms with Gasteiger partial charge in [0, 0.05) is 10.5 Å². The van der Waals surface area contributed by atoms with Crippen LogP contribution in [-0.4, -0.2) is 42.2 Å². The Kier molecular flexibility index (Phi) is 6.60. The number of ether oxygens (including phenoxy) is 2. The minimum atomic E-state index is -0.681. The highest BCUT2D eigenvalue weighted by Crippen LogP contribution is 2.36. The molecule has 0 aliphatic carbocycles. The predicted octanol–water partition coefficient (Wildman–Crippen LogP) is 5.50. The van der Waals surface area contributed by atoms with Gasteiger partial charge in [-0.25, -0.2) is 14.3 Å². The van der Waals surface area contributed by atoms with Crippen LogP contribution in [-0.2, 0) is 9.47 Å². The lowest BCUT2D eigenvalue weighted by Gasteiger charge is -2.10. The Morgan fingerprint density at radius 3 is 2.00 bits per heavy atom. The maximum absolute atomic E-state index is 12.9. The lowest BCUT2D eigenvalue weighted by atomic mass is 9.95. The highest BCUT2D eigenvalue weighted by molar-refractivity contribution is 7.98. The Morgan fingerprint density at radius 2 is 1.39 bits per heavy atom. The maximum Gasteiger partial charge on any atom is 0.357 e. The summed E-state index contributed by atoms with van der Waals surface area (Å²) >= 11 is 1.66. The first-order valence-electron chi connectivity index (χ1n) is 10.2. The van der Waals surface area contributed by atoms with Crippen LogP contribution >= 0.6 is 11.8 Å². The molecule has 0 bridgehead atoms. The summed E-state index contributed by atoms with van der Waals surface area (Å²) in [7, 11) is 2.55. The van der Waals surface area contributed by atoms with E-state index in [1.807, 2.05) is 73.0 Å². The van der Waals surface area contributed by atoms with Gasteiger partial charge in [-0.2, -0.15) is 5.10 Å². The van der Waals surface area contributed by atoms with Gasteiger partial charge in [0.2, 0.25) is 0 Å². The zero-order valence-electron chi connectivity index (χ0n) is 18.4. The average Bonchev–Trinajstić information content (AvgIpc) is 3.29. The SMILES string of the molecule is COC(=O)c1c(-c2ccccc2-c2ccc(SC)cc2)nn(-c2ccccc2)c1C(=O)OC. The number of carbonyl (C=O) groups is 2. The van der Waals surface area contributed by atoms with Crippen molar-refractivity contribution >= 4 is 23.7 Å². The number of nitrogens with zero attached hydrogens (tertiary/aromatic N) is 2. The van der Waals surface area contributed by atoms with Gasteiger partial charge in [-0.15, -0.1) is 11.8 Å². The minimum Gasteiger partial charge on any atom is -0.465 e. The number of aromatic nitrogens is 2. The minimum absolute atomic E-state index is 0.0121. The van der Waals surface area contributed by atoms with Crippen LogP contribution in [0.4, 0.5) is 0 Å². The number of benzene rings is 3. The van der Waals surface area contributed by atoms with Crippen molar-refractivity contribution in [2.24, 2.45) is 0 Å². The van der Waals surface area contributed by atoms with E-state index in [0.717, 1.165) is 16.0 Å². The lowest BCUT2D eigenvalue weighted by Crippen LogP contribution is -2.15. The van der Waals surface area contributed by atoms with E-state index in [1.54, 1.807) is 23.9 Å². The van der Waals surface area contributed by atoms with Crippen molar-refractivity contribution in [1.82, 2.24) is 9.78 Å². The molecule has 0 aliphatic rings. The van der Waals surface area contributed by atoms with Crippen molar-refractivity contribution in [3.05, 3.63) is 90.1 Å². The molecular weight excluding hydrogens is 436 g/mol. The molecule has 0 saturated carbocycles. The van der Waals surface area contributed by atoms with Crippen molar-refractivity contribution in [2.45, 2.75) is 4.90 Å². The molecule has 0 atom stereocenters. The molecule has 4 aromatic rings. The third-order valence-corrected chi connectivity index (χ3v) is 5.98. The van der Waals surface area contributed by atoms with Gasteiger partial charge in [-0.1, -0.05) is 54.6 Å². The summed E-state index contributed by atoms with van der Waals surface area (Å²) in [6.07, 6.45) is 2.02. The summed E-state index contributed by atoms with van der Waals surface area (Å²) in [6.45, 7) is 0. The predicted molar refractivity (Wildman–Crippen MR) is 129 cm³/mol. The summed E-state index contributed by atoms with van der Waals surface area (Å²) in [5.41, 5.74) is 3.58. The van der Waals surface area contributed by atoms with Crippen LogP contribution in [0.3, 0.4) is 0 Å². The average molecular weight is 459 g/mol. The molecule has 0 fully saturated rings. The molecule has 0 radical (unpaired) electrons. The van der Waals surface area contributed by atoms with Gasteiger partial charge in [0.25, 0.3) is 0 Å². The van der Waals surface area contributed by atoms with E-state index >= 15 is 0 Å². The van der Waals surface area contributed by atoms with Gasteiger partial charge < -0.3 is 9.47 Å². The second-order valence-corrected chi connectivity index (χ2v) is 7.96. The Morgan fingerprint density at radius 1 is 0.788 bits per heavy atom. The molecular formula is C26H22N2O4S. The first-order valence-corrected chi connectivity index (χ1v) is 11.4. The van der Waals surface area contributed by atoms with Crippen molar-refractivity contribution < 1.29 is 19.1 Å². The van der Waals surface area contributed by atoms with Crippen LogP contribution in [0.25, 0.3) is 28.1 Å². The third-order valence-electron chi connectivity index (χ3n) is 5.24. The van der Waals surface area contributed by atoms with Crippen LogP contribution in [0.15, 0.2) is 83.8 Å². The molecule has 0 spiro atoms. The molecule has 0 aliphatic heterocycles. The number of carbonyl (C=O) groups excluding carboxylic acids is 2. The Bertz CT molecular complexity index is 1300. The van der Waals surface area contributed by atoms with Crippen LogP contribution in [0.5, 0.6) is 0 Å². The smallest absolute Gasteiger partial charge is 0.357 e. The molecule has 0 saturated heterocycles. The highest BCUT2D eigenvalue weighted by Gasteiger charge is 2.32. The van der Waals surface area contributed by atoms with E-state index in [4.69, 9.17) is 14.6 Å². The second-order valence-electron chi connectivity index (χ2n) is 7.08. The molecule has 0 unspecified atom stereocenters. The molecule has 1 aromatic heterocycles. The molecule has 1 heterocycles. The molecule has 4 rings (SSSR count). The topological polar surface area (TPSA) is 70.4 Å². The quantitative estimate of drug-likeness (QED) is 0.281. The fraction of sp³-hybridized carbons (Fsp3) is 0.115. The van der Waals surface area contributed by atoms with E-state index < -0.39 is 11.9 Å². The molecule has 3 aromatic carbocycles. The summed E-state index contributed by atoms with van der Waals surface area (Å²) in [4.78, 5) is 26.9. The van der Waals surface area contributed by atoms with Gasteiger partial charge in [0.05, 0.1) is 19.9 Å². The fourth-order valence-corrected chi connectivity index (χ4v) is 4.06. The number of methoxy groups -OCH3 is 2. The van der Waals surface area contributed by atoms with Crippen LogP contribution < -0.4 is 0 Å². The number of para-hydroxylation sites is 1. The molecule has 166 valence electrons. The fourth-order valence-electron chi connectivity index (χ4n) is 3.66. The molecule has 0 amide bonds. The van der Waals surface area contributed by atoms with Gasteiger partial charge in [0.15, 0.2) is 5.69 Å². The highest BCUT2D eigenvalue weighted by atomic mass is 32.2. The Hall–Kier alpha value is -3.84. The summed E-state index contributed by atoms with van der Waals surface area (Å²) in [5, 5.41) is 4.72. The largest absolute Gasteiger partial charge is 0.465 e. The van der Waals surface area contributed by atoms with Crippen molar-refractivity contribution in [3.63, 3.8) is 0 Å². The van der Waals surface area contributed by atoms with E-state index in [0.29, 0.717) is 16.9 Å². The standard InChI is InChI=1S/C26H22N2O4S/c1-31-25(29)22-23(27-28(24(22)26(30)32-2)18-9-5-4-6-10-18)21-12-8-7-11-20(21)17-13-15-19(33-3)16-14-17/h4-16H,1-3H3. The first kappa shape index (κ1) is 22.4. The monoisotopic (exact) mass is 458 g/mol. The zero-order valence-corrected chi connectivity index (χ0v) is 19.3. The van der Waals surface area contributed by atoms with Crippen molar-refractivity contribution in [1.29, 1.82) is 0 Å². The normalized spacial score (nSPS) is 10.6. The lowest BCUT2D eigenvalue weighted by molar-refractivity contribution is 0.0549. The van der Waals surface area contributed by atoms with Gasteiger partial charge in [-0.05, 0) is 41.6 Å². The molecule has 0 N–H and O–H groups in total.